The Morgan fingerprint density at radius 2 is 1.82 bits per heavy atom. The number of hydrogen-bond acceptors (Lipinski definition) is 7. The Morgan fingerprint density at radius 1 is 1.09 bits per heavy atom. The number of carbonyl (C=O) groups excluding carboxylic acids is 1. The predicted molar refractivity (Wildman–Crippen MR) is 132 cm³/mol. The van der Waals surface area contributed by atoms with E-state index in [2.05, 4.69) is 26.5 Å². The lowest BCUT2D eigenvalue weighted by Gasteiger charge is -2.14. The number of methoxy groups -OCH3 is 1. The van der Waals surface area contributed by atoms with Crippen molar-refractivity contribution in [2.24, 2.45) is 5.10 Å². The molecule has 1 amide bonds. The molecule has 0 aliphatic rings. The number of hydrogen-bond donors (Lipinski definition) is 1. The van der Waals surface area contributed by atoms with Crippen molar-refractivity contribution >= 4 is 38.2 Å². The third-order valence-corrected chi connectivity index (χ3v) is 6.36. The van der Waals surface area contributed by atoms with Crippen LogP contribution in [0, 0.1) is 6.92 Å². The van der Waals surface area contributed by atoms with Gasteiger partial charge in [0.25, 0.3) is 5.91 Å². The minimum absolute atomic E-state index is 0.0104. The molecule has 0 radical (unpaired) electrons. The van der Waals surface area contributed by atoms with E-state index >= 15 is 0 Å². The molecule has 0 unspecified atom stereocenters. The first-order valence-electron chi connectivity index (χ1n) is 10.2. The standard InChI is InChI=1S/C24H23BrN2O6S/c1-4-32-22-14-17(15-26-27-24(28)19-11-10-16(2)12-21(19)31-3)13-20(25)23(22)33-34(29,30)18-8-6-5-7-9-18/h5-15H,4H2,1-3H3,(H,27,28)/b26-15-. The summed E-state index contributed by atoms with van der Waals surface area (Å²) < 4.78 is 41.9. The predicted octanol–water partition coefficient (Wildman–Crippen LogP) is 4.70. The summed E-state index contributed by atoms with van der Waals surface area (Å²) in [5.74, 6) is 0.210. The first kappa shape index (κ1) is 25.3. The summed E-state index contributed by atoms with van der Waals surface area (Å²) in [7, 11) is -2.58. The van der Waals surface area contributed by atoms with Crippen LogP contribution < -0.4 is 19.1 Å². The summed E-state index contributed by atoms with van der Waals surface area (Å²) in [6.45, 7) is 3.94. The van der Waals surface area contributed by atoms with E-state index < -0.39 is 16.0 Å². The van der Waals surface area contributed by atoms with E-state index in [1.807, 2.05) is 6.92 Å². The zero-order valence-corrected chi connectivity index (χ0v) is 21.1. The lowest BCUT2D eigenvalue weighted by atomic mass is 10.1. The minimum atomic E-state index is -4.07. The van der Waals surface area contributed by atoms with Gasteiger partial charge in [-0.1, -0.05) is 24.3 Å². The number of aryl methyl sites for hydroxylation is 1. The van der Waals surface area contributed by atoms with Gasteiger partial charge in [-0.25, -0.2) is 5.43 Å². The Hall–Kier alpha value is -3.37. The fourth-order valence-corrected chi connectivity index (χ4v) is 4.59. The summed E-state index contributed by atoms with van der Waals surface area (Å²) in [6.07, 6.45) is 1.40. The van der Waals surface area contributed by atoms with Gasteiger partial charge < -0.3 is 13.7 Å². The topological polar surface area (TPSA) is 103 Å². The molecule has 10 heteroatoms. The Labute approximate surface area is 206 Å². The van der Waals surface area contributed by atoms with Crippen LogP contribution in [0.4, 0.5) is 0 Å². The molecule has 0 aliphatic heterocycles. The number of halogens is 1. The molecule has 178 valence electrons. The van der Waals surface area contributed by atoms with Gasteiger partial charge in [-0.15, -0.1) is 0 Å². The maximum Gasteiger partial charge on any atom is 0.339 e. The lowest BCUT2D eigenvalue weighted by molar-refractivity contribution is 0.0952. The molecule has 0 saturated heterocycles. The first-order chi connectivity index (χ1) is 16.2. The second-order valence-corrected chi connectivity index (χ2v) is 9.42. The van der Waals surface area contributed by atoms with E-state index in [4.69, 9.17) is 13.7 Å². The van der Waals surface area contributed by atoms with Gasteiger partial charge >= 0.3 is 10.1 Å². The Kier molecular flexibility index (Phi) is 8.30. The van der Waals surface area contributed by atoms with Crippen molar-refractivity contribution < 1.29 is 26.9 Å². The maximum absolute atomic E-state index is 12.7. The number of nitrogens with one attached hydrogen (secondary N) is 1. The van der Waals surface area contributed by atoms with Crippen molar-refractivity contribution in [2.75, 3.05) is 13.7 Å². The number of amides is 1. The Bertz CT molecular complexity index is 1310. The van der Waals surface area contributed by atoms with E-state index in [1.54, 1.807) is 55.5 Å². The molecular weight excluding hydrogens is 524 g/mol. The zero-order valence-electron chi connectivity index (χ0n) is 18.7. The fraction of sp³-hybridized carbons (Fsp3) is 0.167. The minimum Gasteiger partial charge on any atom is -0.496 e. The van der Waals surface area contributed by atoms with Crippen molar-refractivity contribution in [3.63, 3.8) is 0 Å². The lowest BCUT2D eigenvalue weighted by Crippen LogP contribution is -2.18. The molecule has 3 aromatic rings. The average Bonchev–Trinajstić information content (AvgIpc) is 2.82. The highest BCUT2D eigenvalue weighted by Crippen LogP contribution is 2.38. The zero-order chi connectivity index (χ0) is 24.7. The number of rotatable bonds is 9. The Balaban J connectivity index is 1.82. The van der Waals surface area contributed by atoms with Gasteiger partial charge in [0.1, 0.15) is 10.6 Å². The van der Waals surface area contributed by atoms with E-state index in [0.29, 0.717) is 21.3 Å². The smallest absolute Gasteiger partial charge is 0.339 e. The second-order valence-electron chi connectivity index (χ2n) is 7.02. The quantitative estimate of drug-likeness (QED) is 0.237. The van der Waals surface area contributed by atoms with Crippen molar-refractivity contribution in [2.45, 2.75) is 18.7 Å². The highest BCUT2D eigenvalue weighted by Gasteiger charge is 2.22. The van der Waals surface area contributed by atoms with E-state index in [-0.39, 0.29) is 23.0 Å². The average molecular weight is 547 g/mol. The third kappa shape index (κ3) is 6.15. The van der Waals surface area contributed by atoms with Gasteiger partial charge in [0.05, 0.1) is 30.0 Å². The van der Waals surface area contributed by atoms with Crippen molar-refractivity contribution in [3.05, 3.63) is 81.8 Å². The fourth-order valence-electron chi connectivity index (χ4n) is 2.96. The highest BCUT2D eigenvalue weighted by molar-refractivity contribution is 9.10. The SMILES string of the molecule is CCOc1cc(/C=N\NC(=O)c2ccc(C)cc2OC)cc(Br)c1OS(=O)(=O)c1ccccc1. The molecule has 0 bridgehead atoms. The van der Waals surface area contributed by atoms with Crippen molar-refractivity contribution in [1.29, 1.82) is 0 Å². The van der Waals surface area contributed by atoms with Crippen LogP contribution in [-0.2, 0) is 10.1 Å². The van der Waals surface area contributed by atoms with Crippen LogP contribution in [0.2, 0.25) is 0 Å². The number of benzene rings is 3. The molecule has 3 aromatic carbocycles. The summed E-state index contributed by atoms with van der Waals surface area (Å²) in [4.78, 5) is 12.5. The van der Waals surface area contributed by atoms with E-state index in [0.717, 1.165) is 5.56 Å². The van der Waals surface area contributed by atoms with Crippen LogP contribution in [0.5, 0.6) is 17.2 Å². The number of hydrazone groups is 1. The first-order valence-corrected chi connectivity index (χ1v) is 12.4. The molecule has 0 spiro atoms. The van der Waals surface area contributed by atoms with Gasteiger partial charge in [0.15, 0.2) is 11.5 Å². The highest BCUT2D eigenvalue weighted by atomic mass is 79.9. The molecule has 0 aliphatic carbocycles. The largest absolute Gasteiger partial charge is 0.496 e. The third-order valence-electron chi connectivity index (χ3n) is 4.54. The van der Waals surface area contributed by atoms with Crippen LogP contribution in [0.3, 0.4) is 0 Å². The van der Waals surface area contributed by atoms with Crippen molar-refractivity contribution in [1.82, 2.24) is 5.43 Å². The van der Waals surface area contributed by atoms with Crippen LogP contribution in [0.15, 0.2) is 75.1 Å². The van der Waals surface area contributed by atoms with Gasteiger partial charge in [-0.2, -0.15) is 13.5 Å². The number of carbonyl (C=O) groups is 1. The molecular formula is C24H23BrN2O6S. The summed E-state index contributed by atoms with van der Waals surface area (Å²) in [5.41, 5.74) is 4.30. The van der Waals surface area contributed by atoms with Gasteiger partial charge in [0, 0.05) is 0 Å². The molecule has 8 nitrogen and oxygen atoms in total. The van der Waals surface area contributed by atoms with E-state index in [9.17, 15) is 13.2 Å². The Morgan fingerprint density at radius 3 is 2.50 bits per heavy atom. The molecule has 0 atom stereocenters. The van der Waals surface area contributed by atoms with Crippen LogP contribution in [0.25, 0.3) is 0 Å². The van der Waals surface area contributed by atoms with E-state index in [1.165, 1.54) is 25.5 Å². The number of nitrogens with zero attached hydrogens (tertiary/aromatic N) is 1. The normalized spacial score (nSPS) is 11.3. The van der Waals surface area contributed by atoms with Gasteiger partial charge in [0.2, 0.25) is 0 Å². The summed E-state index contributed by atoms with van der Waals surface area (Å²) >= 11 is 3.34. The summed E-state index contributed by atoms with van der Waals surface area (Å²) in [6, 6.07) is 16.2. The molecule has 0 heterocycles. The van der Waals surface area contributed by atoms with Crippen molar-refractivity contribution in [3.8, 4) is 17.2 Å². The van der Waals surface area contributed by atoms with Crippen LogP contribution in [0.1, 0.15) is 28.4 Å². The molecule has 0 fully saturated rings. The molecule has 3 rings (SSSR count). The number of ether oxygens (including phenoxy) is 2. The monoisotopic (exact) mass is 546 g/mol. The maximum atomic E-state index is 12.7. The molecule has 0 aromatic heterocycles. The summed E-state index contributed by atoms with van der Waals surface area (Å²) in [5, 5.41) is 3.99. The second kappa shape index (κ2) is 11.2. The molecule has 1 N–H and O–H groups in total. The van der Waals surface area contributed by atoms with Crippen LogP contribution in [-0.4, -0.2) is 34.3 Å². The van der Waals surface area contributed by atoms with Gasteiger partial charge in [-0.05, 0) is 77.3 Å². The van der Waals surface area contributed by atoms with Gasteiger partial charge in [-0.3, -0.25) is 4.79 Å². The van der Waals surface area contributed by atoms with Crippen LogP contribution >= 0.6 is 15.9 Å². The molecule has 0 saturated carbocycles. The molecule has 34 heavy (non-hydrogen) atoms.